The van der Waals surface area contributed by atoms with Crippen molar-refractivity contribution in [1.29, 1.82) is 0 Å². The zero-order valence-electron chi connectivity index (χ0n) is 12.8. The van der Waals surface area contributed by atoms with Gasteiger partial charge in [-0.05, 0) is 23.8 Å². The summed E-state index contributed by atoms with van der Waals surface area (Å²) >= 11 is 0. The molecule has 0 saturated heterocycles. The molecule has 0 spiro atoms. The minimum absolute atomic E-state index is 0.113. The van der Waals surface area contributed by atoms with Crippen LogP contribution in [0.3, 0.4) is 0 Å². The van der Waals surface area contributed by atoms with Crippen LogP contribution in [0.5, 0.6) is 5.75 Å². The average molecular weight is 338 g/mol. The van der Waals surface area contributed by atoms with Gasteiger partial charge in [0.25, 0.3) is 0 Å². The van der Waals surface area contributed by atoms with Crippen molar-refractivity contribution in [1.82, 2.24) is 5.32 Å². The molecule has 0 aromatic heterocycles. The first-order valence-electron chi connectivity index (χ1n) is 7.08. The molecule has 0 saturated carbocycles. The lowest BCUT2D eigenvalue weighted by atomic mass is 10.1. The molecule has 8 heteroatoms. The zero-order valence-corrected chi connectivity index (χ0v) is 12.8. The molecule has 0 fully saturated rings. The van der Waals surface area contributed by atoms with Gasteiger partial charge >= 0.3 is 5.69 Å². The van der Waals surface area contributed by atoms with Gasteiger partial charge in [0.1, 0.15) is 11.6 Å². The number of aliphatic hydroxyl groups is 1. The molecule has 1 atom stereocenters. The normalized spacial score (nSPS) is 12.0. The largest absolute Gasteiger partial charge is 0.490 e. The molecule has 2 aromatic carbocycles. The average Bonchev–Trinajstić information content (AvgIpc) is 2.54. The number of ether oxygens (including phenoxy) is 1. The first-order valence-corrected chi connectivity index (χ1v) is 7.08. The molecule has 2 rings (SSSR count). The highest BCUT2D eigenvalue weighted by molar-refractivity contribution is 5.48. The Morgan fingerprint density at radius 1 is 1.29 bits per heavy atom. The lowest BCUT2D eigenvalue weighted by Crippen LogP contribution is -2.22. The number of nitrogens with one attached hydrogen (secondary N) is 1. The van der Waals surface area contributed by atoms with E-state index in [1.54, 1.807) is 6.07 Å². The quantitative estimate of drug-likeness (QED) is 0.599. The lowest BCUT2D eigenvalue weighted by molar-refractivity contribution is -0.385. The molecule has 1 unspecified atom stereocenters. The molecule has 0 radical (unpaired) electrons. The first-order chi connectivity index (χ1) is 11.4. The number of nitro benzene ring substituents is 1. The van der Waals surface area contributed by atoms with E-state index in [9.17, 15) is 24.0 Å². The molecule has 0 amide bonds. The van der Waals surface area contributed by atoms with Gasteiger partial charge in [0, 0.05) is 19.2 Å². The third-order valence-electron chi connectivity index (χ3n) is 3.44. The second-order valence-electron chi connectivity index (χ2n) is 5.05. The first kappa shape index (κ1) is 17.8. The van der Waals surface area contributed by atoms with Crippen LogP contribution < -0.4 is 10.1 Å². The van der Waals surface area contributed by atoms with Gasteiger partial charge in [-0.15, -0.1) is 0 Å². The summed E-state index contributed by atoms with van der Waals surface area (Å²) in [7, 11) is 1.33. The number of rotatable bonds is 7. The summed E-state index contributed by atoms with van der Waals surface area (Å²) in [5, 5.41) is 23.7. The van der Waals surface area contributed by atoms with E-state index in [0.29, 0.717) is 5.56 Å². The zero-order chi connectivity index (χ0) is 17.7. The third kappa shape index (κ3) is 4.03. The van der Waals surface area contributed by atoms with Gasteiger partial charge in [0.15, 0.2) is 5.75 Å². The van der Waals surface area contributed by atoms with Crippen LogP contribution >= 0.6 is 0 Å². The maximum absolute atomic E-state index is 13.6. The molecule has 2 aromatic rings. The number of halogens is 2. The van der Waals surface area contributed by atoms with Crippen molar-refractivity contribution in [3.63, 3.8) is 0 Å². The van der Waals surface area contributed by atoms with E-state index in [1.165, 1.54) is 25.3 Å². The molecule has 0 aliphatic rings. The van der Waals surface area contributed by atoms with Gasteiger partial charge < -0.3 is 15.2 Å². The Labute approximate surface area is 136 Å². The fraction of sp³-hybridized carbons (Fsp3) is 0.250. The summed E-state index contributed by atoms with van der Waals surface area (Å²) in [5.41, 5.74) is -0.0214. The number of benzene rings is 2. The van der Waals surface area contributed by atoms with Crippen molar-refractivity contribution >= 4 is 5.69 Å². The fourth-order valence-corrected chi connectivity index (χ4v) is 2.27. The predicted molar refractivity (Wildman–Crippen MR) is 82.7 cm³/mol. The van der Waals surface area contributed by atoms with Crippen LogP contribution in [-0.4, -0.2) is 23.7 Å². The SMILES string of the molecule is COc1ccc(CNCC(O)c2c(F)cccc2F)cc1[N+](=O)[O-]. The van der Waals surface area contributed by atoms with Gasteiger partial charge in [-0.25, -0.2) is 8.78 Å². The van der Waals surface area contributed by atoms with Gasteiger partial charge in [-0.3, -0.25) is 10.1 Å². The van der Waals surface area contributed by atoms with E-state index in [-0.39, 0.29) is 24.5 Å². The summed E-state index contributed by atoms with van der Waals surface area (Å²) in [5.74, 6) is -1.52. The Kier molecular flexibility index (Phi) is 5.78. The molecule has 6 nitrogen and oxygen atoms in total. The molecule has 128 valence electrons. The van der Waals surface area contributed by atoms with E-state index >= 15 is 0 Å². The maximum atomic E-state index is 13.6. The van der Waals surface area contributed by atoms with Crippen LogP contribution in [-0.2, 0) is 6.54 Å². The van der Waals surface area contributed by atoms with Crippen LogP contribution in [0.4, 0.5) is 14.5 Å². The smallest absolute Gasteiger partial charge is 0.311 e. The third-order valence-corrected chi connectivity index (χ3v) is 3.44. The van der Waals surface area contributed by atoms with Crippen LogP contribution in [0.1, 0.15) is 17.2 Å². The molecule has 24 heavy (non-hydrogen) atoms. The highest BCUT2D eigenvalue weighted by Crippen LogP contribution is 2.27. The maximum Gasteiger partial charge on any atom is 0.311 e. The molecule has 0 aliphatic carbocycles. The van der Waals surface area contributed by atoms with E-state index in [2.05, 4.69) is 5.32 Å². The molecule has 0 bridgehead atoms. The van der Waals surface area contributed by atoms with Crippen molar-refractivity contribution in [3.05, 3.63) is 69.3 Å². The summed E-state index contributed by atoms with van der Waals surface area (Å²) < 4.78 is 32.0. The van der Waals surface area contributed by atoms with Crippen LogP contribution in [0, 0.1) is 21.7 Å². The molecule has 0 heterocycles. The van der Waals surface area contributed by atoms with Gasteiger partial charge in [-0.1, -0.05) is 12.1 Å². The van der Waals surface area contributed by atoms with Crippen LogP contribution in [0.25, 0.3) is 0 Å². The minimum Gasteiger partial charge on any atom is -0.490 e. The Bertz CT molecular complexity index is 720. The molecule has 0 aliphatic heterocycles. The van der Waals surface area contributed by atoms with Crippen molar-refractivity contribution in [3.8, 4) is 5.75 Å². The number of methoxy groups -OCH3 is 1. The van der Waals surface area contributed by atoms with Crippen molar-refractivity contribution < 1.29 is 23.5 Å². The molecule has 2 N–H and O–H groups in total. The summed E-state index contributed by atoms with van der Waals surface area (Å²) in [6.07, 6.45) is -1.38. The Morgan fingerprint density at radius 3 is 2.54 bits per heavy atom. The number of aliphatic hydroxyl groups excluding tert-OH is 1. The second-order valence-corrected chi connectivity index (χ2v) is 5.05. The Balaban J connectivity index is 2.02. The monoisotopic (exact) mass is 338 g/mol. The van der Waals surface area contributed by atoms with Crippen LogP contribution in [0.15, 0.2) is 36.4 Å². The number of hydrogen-bond donors (Lipinski definition) is 2. The Morgan fingerprint density at radius 2 is 1.96 bits per heavy atom. The fourth-order valence-electron chi connectivity index (χ4n) is 2.27. The van der Waals surface area contributed by atoms with Crippen molar-refractivity contribution in [2.24, 2.45) is 0 Å². The van der Waals surface area contributed by atoms with Crippen LogP contribution in [0.2, 0.25) is 0 Å². The number of hydrogen-bond acceptors (Lipinski definition) is 5. The molecular weight excluding hydrogens is 322 g/mol. The van der Waals surface area contributed by atoms with E-state index in [4.69, 9.17) is 4.74 Å². The van der Waals surface area contributed by atoms with E-state index < -0.39 is 28.2 Å². The number of nitrogens with zero attached hydrogens (tertiary/aromatic N) is 1. The number of nitro groups is 1. The molecular formula is C16H16F2N2O4. The summed E-state index contributed by atoms with van der Waals surface area (Å²) in [6, 6.07) is 7.76. The second kappa shape index (κ2) is 7.80. The summed E-state index contributed by atoms with van der Waals surface area (Å²) in [6.45, 7) is 0.0651. The Hall–Kier alpha value is -2.58. The van der Waals surface area contributed by atoms with Gasteiger partial charge in [0.2, 0.25) is 0 Å². The van der Waals surface area contributed by atoms with Gasteiger partial charge in [-0.2, -0.15) is 0 Å². The highest BCUT2D eigenvalue weighted by Gasteiger charge is 2.18. The topological polar surface area (TPSA) is 84.6 Å². The van der Waals surface area contributed by atoms with Crippen molar-refractivity contribution in [2.75, 3.05) is 13.7 Å². The van der Waals surface area contributed by atoms with Gasteiger partial charge in [0.05, 0.1) is 23.7 Å². The standard InChI is InChI=1S/C16H16F2N2O4/c1-24-15-6-5-10(7-13(15)20(22)23)8-19-9-14(21)16-11(17)3-2-4-12(16)18/h2-7,14,19,21H,8-9H2,1H3. The van der Waals surface area contributed by atoms with E-state index in [0.717, 1.165) is 12.1 Å². The highest BCUT2D eigenvalue weighted by atomic mass is 19.1. The predicted octanol–water partition coefficient (Wildman–Crippen LogP) is 2.70. The van der Waals surface area contributed by atoms with Crippen molar-refractivity contribution in [2.45, 2.75) is 12.6 Å². The van der Waals surface area contributed by atoms with E-state index in [1.807, 2.05) is 0 Å². The lowest BCUT2D eigenvalue weighted by Gasteiger charge is -2.14. The minimum atomic E-state index is -1.38. The summed E-state index contributed by atoms with van der Waals surface area (Å²) in [4.78, 5) is 10.4.